The molecule has 2 heterocycles. The molecule has 1 atom stereocenters. The van der Waals surface area contributed by atoms with Gasteiger partial charge in [-0.3, -0.25) is 0 Å². The van der Waals surface area contributed by atoms with E-state index in [2.05, 4.69) is 16.8 Å². The molecule has 0 saturated carbocycles. The maximum absolute atomic E-state index is 10.8. The number of imidazole rings is 1. The topological polar surface area (TPSA) is 41.3 Å². The molecule has 1 aromatic heterocycles. The second-order valence-electron chi connectivity index (χ2n) is 5.55. The van der Waals surface area contributed by atoms with Gasteiger partial charge in [-0.15, -0.1) is 0 Å². The van der Waals surface area contributed by atoms with Gasteiger partial charge in [0.15, 0.2) is 0 Å². The van der Waals surface area contributed by atoms with Gasteiger partial charge < -0.3 is 14.6 Å². The van der Waals surface area contributed by atoms with Crippen molar-refractivity contribution in [3.63, 3.8) is 0 Å². The van der Waals surface area contributed by atoms with Gasteiger partial charge in [0.25, 0.3) is 0 Å². The lowest BCUT2D eigenvalue weighted by Gasteiger charge is -2.26. The molecule has 0 aliphatic carbocycles. The van der Waals surface area contributed by atoms with Crippen molar-refractivity contribution in [2.75, 3.05) is 19.6 Å². The maximum Gasteiger partial charge on any atom is 0.111 e. The third kappa shape index (κ3) is 3.33. The van der Waals surface area contributed by atoms with E-state index in [-0.39, 0.29) is 0 Å². The molecule has 1 unspecified atom stereocenters. The molecule has 1 saturated heterocycles. The monoisotopic (exact) mass is 251 g/mol. The Bertz CT molecular complexity index is 377. The Morgan fingerprint density at radius 2 is 2.22 bits per heavy atom. The summed E-state index contributed by atoms with van der Waals surface area (Å²) in [5.74, 6) is 0.987. The average molecular weight is 251 g/mol. The third-order valence-corrected chi connectivity index (χ3v) is 3.96. The van der Waals surface area contributed by atoms with Gasteiger partial charge in [-0.2, -0.15) is 0 Å². The predicted molar refractivity (Wildman–Crippen MR) is 72.4 cm³/mol. The van der Waals surface area contributed by atoms with E-state index in [9.17, 15) is 5.11 Å². The fourth-order valence-electron chi connectivity index (χ4n) is 2.81. The smallest absolute Gasteiger partial charge is 0.111 e. The number of hydrogen-bond donors (Lipinski definition) is 1. The zero-order chi connectivity index (χ0) is 13.0. The SMILES string of the molecule is CCCN1CCCC(O)(Cc2nccn2C)CC1. The van der Waals surface area contributed by atoms with Crippen LogP contribution in [0.2, 0.25) is 0 Å². The number of likely N-dealkylation sites (tertiary alicyclic amines) is 1. The average Bonchev–Trinajstić information content (AvgIpc) is 2.62. The van der Waals surface area contributed by atoms with E-state index in [0.717, 1.165) is 44.7 Å². The molecule has 18 heavy (non-hydrogen) atoms. The molecular formula is C14H25N3O. The maximum atomic E-state index is 10.8. The Morgan fingerprint density at radius 1 is 1.39 bits per heavy atom. The van der Waals surface area contributed by atoms with Crippen LogP contribution in [-0.2, 0) is 13.5 Å². The van der Waals surface area contributed by atoms with Crippen molar-refractivity contribution in [2.24, 2.45) is 7.05 Å². The van der Waals surface area contributed by atoms with Crippen LogP contribution in [0, 0.1) is 0 Å². The van der Waals surface area contributed by atoms with Gasteiger partial charge in [0, 0.05) is 32.4 Å². The standard InChI is InChI=1S/C14H25N3O/c1-3-8-17-9-4-5-14(18,6-10-17)12-13-15-7-11-16(13)2/h7,11,18H,3-6,8-10,12H2,1-2H3. The number of aromatic nitrogens is 2. The van der Waals surface area contributed by atoms with Crippen LogP contribution in [0.5, 0.6) is 0 Å². The first kappa shape index (κ1) is 13.6. The van der Waals surface area contributed by atoms with Crippen molar-refractivity contribution in [3.8, 4) is 0 Å². The second-order valence-corrected chi connectivity index (χ2v) is 5.55. The van der Waals surface area contributed by atoms with Crippen molar-refractivity contribution in [3.05, 3.63) is 18.2 Å². The molecular weight excluding hydrogens is 226 g/mol. The molecule has 102 valence electrons. The molecule has 0 radical (unpaired) electrons. The second kappa shape index (κ2) is 5.85. The Kier molecular flexibility index (Phi) is 4.40. The molecule has 4 heteroatoms. The summed E-state index contributed by atoms with van der Waals surface area (Å²) < 4.78 is 2.01. The van der Waals surface area contributed by atoms with Gasteiger partial charge in [0.1, 0.15) is 5.82 Å². The van der Waals surface area contributed by atoms with E-state index < -0.39 is 5.60 Å². The van der Waals surface area contributed by atoms with Crippen LogP contribution < -0.4 is 0 Å². The van der Waals surface area contributed by atoms with Crippen LogP contribution in [0.25, 0.3) is 0 Å². The molecule has 0 amide bonds. The molecule has 0 bridgehead atoms. The van der Waals surface area contributed by atoms with Gasteiger partial charge in [0.2, 0.25) is 0 Å². The van der Waals surface area contributed by atoms with E-state index in [0.29, 0.717) is 6.42 Å². The first-order valence-electron chi connectivity index (χ1n) is 7.04. The normalized spacial score (nSPS) is 26.2. The molecule has 1 aliphatic heterocycles. The lowest BCUT2D eigenvalue weighted by molar-refractivity contribution is 0.0233. The van der Waals surface area contributed by atoms with E-state index in [1.807, 2.05) is 17.8 Å². The third-order valence-electron chi connectivity index (χ3n) is 3.96. The highest BCUT2D eigenvalue weighted by Crippen LogP contribution is 2.25. The fraction of sp³-hybridized carbons (Fsp3) is 0.786. The molecule has 0 aromatic carbocycles. The number of hydrogen-bond acceptors (Lipinski definition) is 3. The lowest BCUT2D eigenvalue weighted by Crippen LogP contribution is -2.34. The number of rotatable bonds is 4. The zero-order valence-electron chi connectivity index (χ0n) is 11.6. The number of nitrogens with zero attached hydrogens (tertiary/aromatic N) is 3. The summed E-state index contributed by atoms with van der Waals surface area (Å²) in [6.07, 6.45) is 8.45. The molecule has 4 nitrogen and oxygen atoms in total. The quantitative estimate of drug-likeness (QED) is 0.883. The summed E-state index contributed by atoms with van der Waals surface area (Å²) in [5, 5.41) is 10.8. The van der Waals surface area contributed by atoms with Crippen LogP contribution in [0.15, 0.2) is 12.4 Å². The molecule has 1 aliphatic rings. The van der Waals surface area contributed by atoms with Crippen molar-refractivity contribution in [2.45, 2.75) is 44.6 Å². The van der Waals surface area contributed by atoms with Gasteiger partial charge in [-0.05, 0) is 38.8 Å². The minimum absolute atomic E-state index is 0.568. The van der Waals surface area contributed by atoms with Gasteiger partial charge in [0.05, 0.1) is 5.60 Å². The Labute approximate surface area is 110 Å². The Balaban J connectivity index is 1.97. The Hall–Kier alpha value is -0.870. The summed E-state index contributed by atoms with van der Waals surface area (Å²) in [6.45, 7) is 5.49. The van der Waals surface area contributed by atoms with Crippen LogP contribution >= 0.6 is 0 Å². The fourth-order valence-corrected chi connectivity index (χ4v) is 2.81. The number of aliphatic hydroxyl groups is 1. The highest BCUT2D eigenvalue weighted by Gasteiger charge is 2.31. The lowest BCUT2D eigenvalue weighted by atomic mass is 9.91. The van der Waals surface area contributed by atoms with Crippen molar-refractivity contribution in [1.82, 2.24) is 14.5 Å². The number of aryl methyl sites for hydroxylation is 1. The van der Waals surface area contributed by atoms with Crippen LogP contribution in [-0.4, -0.2) is 44.8 Å². The predicted octanol–water partition coefficient (Wildman–Crippen LogP) is 1.59. The highest BCUT2D eigenvalue weighted by molar-refractivity contribution is 4.99. The van der Waals surface area contributed by atoms with Crippen LogP contribution in [0.1, 0.15) is 38.4 Å². The van der Waals surface area contributed by atoms with E-state index in [1.54, 1.807) is 6.20 Å². The first-order chi connectivity index (χ1) is 8.63. The summed E-state index contributed by atoms with van der Waals surface area (Å²) in [5.41, 5.74) is -0.568. The summed E-state index contributed by atoms with van der Waals surface area (Å²) >= 11 is 0. The highest BCUT2D eigenvalue weighted by atomic mass is 16.3. The largest absolute Gasteiger partial charge is 0.389 e. The van der Waals surface area contributed by atoms with Crippen LogP contribution in [0.4, 0.5) is 0 Å². The summed E-state index contributed by atoms with van der Waals surface area (Å²) in [7, 11) is 1.99. The van der Waals surface area contributed by atoms with Crippen molar-refractivity contribution >= 4 is 0 Å². The first-order valence-corrected chi connectivity index (χ1v) is 7.04. The van der Waals surface area contributed by atoms with Crippen LogP contribution in [0.3, 0.4) is 0 Å². The molecule has 1 fully saturated rings. The van der Waals surface area contributed by atoms with Crippen molar-refractivity contribution < 1.29 is 5.11 Å². The molecule has 1 aromatic rings. The van der Waals surface area contributed by atoms with E-state index in [1.165, 1.54) is 6.42 Å². The van der Waals surface area contributed by atoms with Gasteiger partial charge in [-0.25, -0.2) is 4.98 Å². The van der Waals surface area contributed by atoms with Gasteiger partial charge >= 0.3 is 0 Å². The zero-order valence-corrected chi connectivity index (χ0v) is 11.6. The summed E-state index contributed by atoms with van der Waals surface area (Å²) in [6, 6.07) is 0. The minimum Gasteiger partial charge on any atom is -0.389 e. The minimum atomic E-state index is -0.568. The Morgan fingerprint density at radius 3 is 2.89 bits per heavy atom. The van der Waals surface area contributed by atoms with E-state index in [4.69, 9.17) is 0 Å². The molecule has 0 spiro atoms. The molecule has 2 rings (SSSR count). The van der Waals surface area contributed by atoms with E-state index >= 15 is 0 Å². The van der Waals surface area contributed by atoms with Gasteiger partial charge in [-0.1, -0.05) is 6.92 Å². The molecule has 1 N–H and O–H groups in total. The van der Waals surface area contributed by atoms with Crippen molar-refractivity contribution in [1.29, 1.82) is 0 Å². The summed E-state index contributed by atoms with van der Waals surface area (Å²) in [4.78, 5) is 6.80.